The molecule has 108 valence electrons. The van der Waals surface area contributed by atoms with E-state index in [2.05, 4.69) is 11.4 Å². The van der Waals surface area contributed by atoms with Crippen LogP contribution in [0.4, 0.5) is 0 Å². The van der Waals surface area contributed by atoms with Gasteiger partial charge in [-0.2, -0.15) is 5.26 Å². The summed E-state index contributed by atoms with van der Waals surface area (Å²) < 4.78 is 5.23. The minimum atomic E-state index is -0.835. The maximum atomic E-state index is 12.0. The lowest BCUT2D eigenvalue weighted by molar-refractivity contribution is -0.120. The maximum absolute atomic E-state index is 12.0. The molecule has 0 radical (unpaired) electrons. The van der Waals surface area contributed by atoms with Gasteiger partial charge in [0.15, 0.2) is 0 Å². The largest absolute Gasteiger partial charge is 0.496 e. The lowest BCUT2D eigenvalue weighted by Crippen LogP contribution is -2.49. The van der Waals surface area contributed by atoms with Crippen molar-refractivity contribution in [2.75, 3.05) is 12.9 Å². The number of rotatable bonds is 6. The first-order valence-corrected chi connectivity index (χ1v) is 7.39. The number of hydrogen-bond donors (Lipinski definition) is 1. The number of amides is 1. The summed E-state index contributed by atoms with van der Waals surface area (Å²) in [7, 11) is 1.60. The molecular weight excluding hydrogens is 272 g/mol. The molecule has 5 heteroatoms. The van der Waals surface area contributed by atoms with Crippen LogP contribution >= 0.6 is 11.8 Å². The molecule has 1 amide bonds. The summed E-state index contributed by atoms with van der Waals surface area (Å²) in [5, 5.41) is 12.0. The summed E-state index contributed by atoms with van der Waals surface area (Å²) in [4.78, 5) is 12.9. The lowest BCUT2D eigenvalue weighted by Gasteiger charge is -2.27. The number of thioether (sulfide) groups is 1. The summed E-state index contributed by atoms with van der Waals surface area (Å²) in [6.07, 6.45) is 0. The molecule has 0 saturated heterocycles. The van der Waals surface area contributed by atoms with Crippen LogP contribution in [0, 0.1) is 17.2 Å². The van der Waals surface area contributed by atoms with E-state index in [0.717, 1.165) is 10.6 Å². The van der Waals surface area contributed by atoms with Crippen molar-refractivity contribution in [3.8, 4) is 11.8 Å². The van der Waals surface area contributed by atoms with Crippen LogP contribution < -0.4 is 10.1 Å². The van der Waals surface area contributed by atoms with Crippen LogP contribution in [0.25, 0.3) is 0 Å². The highest BCUT2D eigenvalue weighted by molar-refractivity contribution is 8.00. The number of nitrogens with one attached hydrogen (secondary N) is 1. The molecule has 4 nitrogen and oxygen atoms in total. The zero-order valence-electron chi connectivity index (χ0n) is 12.3. The summed E-state index contributed by atoms with van der Waals surface area (Å²) in [6.45, 7) is 5.57. The number of ether oxygens (including phenoxy) is 1. The second-order valence-electron chi connectivity index (χ2n) is 4.96. The zero-order valence-corrected chi connectivity index (χ0v) is 13.1. The van der Waals surface area contributed by atoms with Crippen molar-refractivity contribution in [2.24, 2.45) is 5.92 Å². The Bertz CT molecular complexity index is 511. The van der Waals surface area contributed by atoms with Gasteiger partial charge in [0.05, 0.1) is 18.9 Å². The number of para-hydroxylation sites is 1. The predicted molar refractivity (Wildman–Crippen MR) is 80.7 cm³/mol. The van der Waals surface area contributed by atoms with E-state index in [9.17, 15) is 10.1 Å². The van der Waals surface area contributed by atoms with E-state index >= 15 is 0 Å². The Morgan fingerprint density at radius 2 is 2.15 bits per heavy atom. The summed E-state index contributed by atoms with van der Waals surface area (Å²) >= 11 is 1.40. The van der Waals surface area contributed by atoms with E-state index < -0.39 is 5.54 Å². The highest BCUT2D eigenvalue weighted by atomic mass is 32.2. The Balaban J connectivity index is 2.62. The summed E-state index contributed by atoms with van der Waals surface area (Å²) in [6, 6.07) is 9.71. The van der Waals surface area contributed by atoms with E-state index in [0.29, 0.717) is 0 Å². The molecule has 0 unspecified atom stereocenters. The molecule has 0 saturated carbocycles. The average molecular weight is 292 g/mol. The quantitative estimate of drug-likeness (QED) is 0.819. The van der Waals surface area contributed by atoms with Crippen molar-refractivity contribution in [3.05, 3.63) is 24.3 Å². The van der Waals surface area contributed by atoms with Crippen molar-refractivity contribution in [2.45, 2.75) is 31.2 Å². The second kappa shape index (κ2) is 7.20. The third-order valence-electron chi connectivity index (χ3n) is 3.21. The molecule has 20 heavy (non-hydrogen) atoms. The molecule has 0 bridgehead atoms. The minimum absolute atomic E-state index is 0.0488. The van der Waals surface area contributed by atoms with Gasteiger partial charge in [0.25, 0.3) is 0 Å². The van der Waals surface area contributed by atoms with Gasteiger partial charge in [-0.15, -0.1) is 11.8 Å². The number of benzene rings is 1. The number of nitrogens with zero attached hydrogens (tertiary/aromatic N) is 1. The van der Waals surface area contributed by atoms with Crippen LogP contribution in [0.2, 0.25) is 0 Å². The van der Waals surface area contributed by atoms with Gasteiger partial charge < -0.3 is 10.1 Å². The van der Waals surface area contributed by atoms with E-state index in [-0.39, 0.29) is 17.6 Å². The van der Waals surface area contributed by atoms with Crippen LogP contribution in [0.15, 0.2) is 29.2 Å². The van der Waals surface area contributed by atoms with Crippen LogP contribution in [-0.4, -0.2) is 24.3 Å². The Kier molecular flexibility index (Phi) is 5.90. The summed E-state index contributed by atoms with van der Waals surface area (Å²) in [5.41, 5.74) is -0.835. The zero-order chi connectivity index (χ0) is 15.2. The maximum Gasteiger partial charge on any atom is 0.231 e. The molecule has 0 aliphatic rings. The van der Waals surface area contributed by atoms with Crippen molar-refractivity contribution in [1.82, 2.24) is 5.32 Å². The van der Waals surface area contributed by atoms with Gasteiger partial charge in [0.1, 0.15) is 11.3 Å². The van der Waals surface area contributed by atoms with Crippen molar-refractivity contribution < 1.29 is 9.53 Å². The molecular formula is C15H20N2O2S. The number of carbonyl (C=O) groups excluding carboxylic acids is 1. The normalized spacial score (nSPS) is 13.4. The van der Waals surface area contributed by atoms with E-state index in [1.54, 1.807) is 14.0 Å². The van der Waals surface area contributed by atoms with Crippen LogP contribution in [0.5, 0.6) is 5.75 Å². The molecule has 1 atom stereocenters. The third kappa shape index (κ3) is 4.17. The molecule has 0 aromatic heterocycles. The smallest absolute Gasteiger partial charge is 0.231 e. The molecule has 1 rings (SSSR count). The molecule has 0 spiro atoms. The Labute approximate surface area is 124 Å². The molecule has 1 N–H and O–H groups in total. The highest BCUT2D eigenvalue weighted by Gasteiger charge is 2.29. The highest BCUT2D eigenvalue weighted by Crippen LogP contribution is 2.28. The van der Waals surface area contributed by atoms with Gasteiger partial charge in [-0.25, -0.2) is 0 Å². The lowest BCUT2D eigenvalue weighted by atomic mass is 9.90. The topological polar surface area (TPSA) is 62.1 Å². The standard InChI is InChI=1S/C15H20N2O2S/c1-11(2)15(3,10-16)17-14(18)9-20-13-8-6-5-7-12(13)19-4/h5-8,11H,9H2,1-4H3,(H,17,18)/t15-/m0/s1. The Morgan fingerprint density at radius 1 is 1.50 bits per heavy atom. The number of nitriles is 1. The number of methoxy groups -OCH3 is 1. The Hall–Kier alpha value is -1.67. The first-order chi connectivity index (χ1) is 9.42. The van der Waals surface area contributed by atoms with E-state index in [4.69, 9.17) is 4.74 Å². The minimum Gasteiger partial charge on any atom is -0.496 e. The molecule has 1 aromatic rings. The van der Waals surface area contributed by atoms with Gasteiger partial charge in [-0.3, -0.25) is 4.79 Å². The predicted octanol–water partition coefficient (Wildman–Crippen LogP) is 2.84. The fourth-order valence-corrected chi connectivity index (χ4v) is 2.34. The molecule has 1 aromatic carbocycles. The number of hydrogen-bond acceptors (Lipinski definition) is 4. The summed E-state index contributed by atoms with van der Waals surface area (Å²) in [5.74, 6) is 0.897. The molecule has 0 heterocycles. The van der Waals surface area contributed by atoms with Gasteiger partial charge in [-0.05, 0) is 25.0 Å². The molecule has 0 aliphatic heterocycles. The monoisotopic (exact) mass is 292 g/mol. The van der Waals surface area contributed by atoms with Crippen LogP contribution in [-0.2, 0) is 4.79 Å². The van der Waals surface area contributed by atoms with E-state index in [1.807, 2.05) is 38.1 Å². The van der Waals surface area contributed by atoms with Crippen molar-refractivity contribution in [1.29, 1.82) is 5.26 Å². The fourth-order valence-electron chi connectivity index (χ4n) is 1.51. The fraction of sp³-hybridized carbons (Fsp3) is 0.467. The van der Waals surface area contributed by atoms with Gasteiger partial charge >= 0.3 is 0 Å². The van der Waals surface area contributed by atoms with Crippen molar-refractivity contribution >= 4 is 17.7 Å². The average Bonchev–Trinajstić information content (AvgIpc) is 2.45. The molecule has 0 aliphatic carbocycles. The molecule has 0 fully saturated rings. The SMILES string of the molecule is COc1ccccc1SCC(=O)N[C@@](C)(C#N)C(C)C. The van der Waals surface area contributed by atoms with Crippen LogP contribution in [0.1, 0.15) is 20.8 Å². The van der Waals surface area contributed by atoms with Gasteiger partial charge in [-0.1, -0.05) is 26.0 Å². The first-order valence-electron chi connectivity index (χ1n) is 6.41. The van der Waals surface area contributed by atoms with Gasteiger partial charge in [0.2, 0.25) is 5.91 Å². The number of carbonyl (C=O) groups is 1. The second-order valence-corrected chi connectivity index (χ2v) is 5.97. The van der Waals surface area contributed by atoms with Gasteiger partial charge in [0, 0.05) is 4.90 Å². The third-order valence-corrected chi connectivity index (χ3v) is 4.27. The van der Waals surface area contributed by atoms with Crippen LogP contribution in [0.3, 0.4) is 0 Å². The Morgan fingerprint density at radius 3 is 2.70 bits per heavy atom. The van der Waals surface area contributed by atoms with E-state index in [1.165, 1.54) is 11.8 Å². The first kappa shape index (κ1) is 16.4. The van der Waals surface area contributed by atoms with Crippen molar-refractivity contribution in [3.63, 3.8) is 0 Å².